The van der Waals surface area contributed by atoms with Crippen LogP contribution in [-0.4, -0.2) is 19.8 Å². The molecule has 96 valence electrons. The van der Waals surface area contributed by atoms with E-state index in [0.717, 1.165) is 32.8 Å². The highest BCUT2D eigenvalue weighted by Crippen LogP contribution is 2.04. The Bertz CT molecular complexity index is 259. The van der Waals surface area contributed by atoms with Gasteiger partial charge in [0.05, 0.1) is 6.61 Å². The van der Waals surface area contributed by atoms with E-state index in [9.17, 15) is 0 Å². The molecule has 0 atom stereocenters. The lowest BCUT2D eigenvalue weighted by Crippen LogP contribution is -1.97. The molecule has 0 saturated carbocycles. The molecule has 0 unspecified atom stereocenters. The molecule has 0 heterocycles. The molecule has 17 heavy (non-hydrogen) atoms. The maximum absolute atomic E-state index is 5.62. The van der Waals surface area contributed by atoms with Gasteiger partial charge in [0.2, 0.25) is 0 Å². The first-order chi connectivity index (χ1) is 8.43. The third-order valence-corrected chi connectivity index (χ3v) is 2.64. The summed E-state index contributed by atoms with van der Waals surface area (Å²) < 4.78 is 10.9. The van der Waals surface area contributed by atoms with Gasteiger partial charge in [-0.25, -0.2) is 0 Å². The Morgan fingerprint density at radius 2 is 1.47 bits per heavy atom. The molecule has 0 aliphatic heterocycles. The van der Waals surface area contributed by atoms with E-state index in [-0.39, 0.29) is 0 Å². The maximum Gasteiger partial charge on any atom is 0.0716 e. The van der Waals surface area contributed by atoms with Gasteiger partial charge in [-0.2, -0.15) is 0 Å². The Morgan fingerprint density at radius 3 is 2.12 bits per heavy atom. The molecular weight excluding hydrogens is 212 g/mol. The highest BCUT2D eigenvalue weighted by atomic mass is 16.5. The van der Waals surface area contributed by atoms with Crippen LogP contribution in [0.5, 0.6) is 0 Å². The molecule has 2 nitrogen and oxygen atoms in total. The third-order valence-electron chi connectivity index (χ3n) is 2.64. The normalized spacial score (nSPS) is 10.6. The lowest BCUT2D eigenvalue weighted by atomic mass is 10.2. The molecule has 0 amide bonds. The van der Waals surface area contributed by atoms with E-state index < -0.39 is 0 Å². The van der Waals surface area contributed by atoms with Gasteiger partial charge in [0.15, 0.2) is 0 Å². The van der Waals surface area contributed by atoms with Crippen LogP contribution < -0.4 is 0 Å². The summed E-state index contributed by atoms with van der Waals surface area (Å²) in [4.78, 5) is 0. The molecule has 0 aromatic heterocycles. The highest BCUT2D eigenvalue weighted by Gasteiger charge is 1.93. The average molecular weight is 236 g/mol. The predicted octanol–water partition coefficient (Wildman–Crippen LogP) is 3.80. The minimum Gasteiger partial charge on any atom is -0.382 e. The summed E-state index contributed by atoms with van der Waals surface area (Å²) >= 11 is 0. The number of rotatable bonds is 10. The van der Waals surface area contributed by atoms with E-state index in [2.05, 4.69) is 12.1 Å². The molecule has 0 N–H and O–H groups in total. The van der Waals surface area contributed by atoms with Crippen molar-refractivity contribution >= 4 is 0 Å². The van der Waals surface area contributed by atoms with E-state index in [4.69, 9.17) is 9.47 Å². The predicted molar refractivity (Wildman–Crippen MR) is 71.1 cm³/mol. The van der Waals surface area contributed by atoms with E-state index in [0.29, 0.717) is 0 Å². The molecule has 0 saturated heterocycles. The molecule has 1 aromatic carbocycles. The number of benzene rings is 1. The van der Waals surface area contributed by atoms with Crippen molar-refractivity contribution in [3.05, 3.63) is 35.9 Å². The maximum atomic E-state index is 5.62. The van der Waals surface area contributed by atoms with Crippen molar-refractivity contribution in [1.82, 2.24) is 0 Å². The number of ether oxygens (including phenoxy) is 2. The van der Waals surface area contributed by atoms with Gasteiger partial charge in [-0.05, 0) is 25.3 Å². The first kappa shape index (κ1) is 14.2. The topological polar surface area (TPSA) is 18.5 Å². The SMILES string of the molecule is CCOCCCCCCOCc1ccccc1. The van der Waals surface area contributed by atoms with Crippen LogP contribution in [0.4, 0.5) is 0 Å². The Hall–Kier alpha value is -0.860. The van der Waals surface area contributed by atoms with Crippen LogP contribution in [0.25, 0.3) is 0 Å². The van der Waals surface area contributed by atoms with E-state index in [1.165, 1.54) is 24.8 Å². The Labute approximate surface area is 105 Å². The zero-order valence-corrected chi connectivity index (χ0v) is 10.9. The molecule has 0 fully saturated rings. The Kier molecular flexibility index (Phi) is 8.61. The fraction of sp³-hybridized carbons (Fsp3) is 0.600. The molecule has 0 aliphatic rings. The summed E-state index contributed by atoms with van der Waals surface area (Å²) in [5, 5.41) is 0. The quantitative estimate of drug-likeness (QED) is 0.575. The second kappa shape index (κ2) is 10.3. The number of hydrogen-bond donors (Lipinski definition) is 0. The van der Waals surface area contributed by atoms with Crippen LogP contribution in [0, 0.1) is 0 Å². The summed E-state index contributed by atoms with van der Waals surface area (Å²) in [6, 6.07) is 10.3. The van der Waals surface area contributed by atoms with Crippen molar-refractivity contribution in [2.75, 3.05) is 19.8 Å². The van der Waals surface area contributed by atoms with Gasteiger partial charge in [0.25, 0.3) is 0 Å². The molecule has 1 aromatic rings. The van der Waals surface area contributed by atoms with Crippen LogP contribution in [0.1, 0.15) is 38.2 Å². The van der Waals surface area contributed by atoms with Crippen LogP contribution in [0.15, 0.2) is 30.3 Å². The summed E-state index contributed by atoms with van der Waals surface area (Å²) in [6.45, 7) is 5.38. The molecule has 2 heteroatoms. The average Bonchev–Trinajstić information content (AvgIpc) is 2.38. The molecule has 1 rings (SSSR count). The summed E-state index contributed by atoms with van der Waals surface area (Å²) in [7, 11) is 0. The zero-order valence-electron chi connectivity index (χ0n) is 10.9. The summed E-state index contributed by atoms with van der Waals surface area (Å²) in [5.74, 6) is 0. The Balaban J connectivity index is 1.85. The number of unbranched alkanes of at least 4 members (excludes halogenated alkanes) is 3. The van der Waals surface area contributed by atoms with Crippen molar-refractivity contribution in [1.29, 1.82) is 0 Å². The Morgan fingerprint density at radius 1 is 0.824 bits per heavy atom. The smallest absolute Gasteiger partial charge is 0.0716 e. The van der Waals surface area contributed by atoms with E-state index in [1.54, 1.807) is 0 Å². The lowest BCUT2D eigenvalue weighted by Gasteiger charge is -2.04. The monoisotopic (exact) mass is 236 g/mol. The van der Waals surface area contributed by atoms with Crippen LogP contribution >= 0.6 is 0 Å². The van der Waals surface area contributed by atoms with Crippen molar-refractivity contribution in [3.63, 3.8) is 0 Å². The second-order valence-corrected chi connectivity index (χ2v) is 4.15. The van der Waals surface area contributed by atoms with Crippen molar-refractivity contribution < 1.29 is 9.47 Å². The molecule has 0 radical (unpaired) electrons. The van der Waals surface area contributed by atoms with Gasteiger partial charge in [0.1, 0.15) is 0 Å². The van der Waals surface area contributed by atoms with Crippen molar-refractivity contribution in [2.24, 2.45) is 0 Å². The molecule has 0 bridgehead atoms. The fourth-order valence-electron chi connectivity index (χ4n) is 1.67. The molecule has 0 aliphatic carbocycles. The second-order valence-electron chi connectivity index (χ2n) is 4.15. The summed E-state index contributed by atoms with van der Waals surface area (Å²) in [5.41, 5.74) is 1.25. The lowest BCUT2D eigenvalue weighted by molar-refractivity contribution is 0.114. The fourth-order valence-corrected chi connectivity index (χ4v) is 1.67. The highest BCUT2D eigenvalue weighted by molar-refractivity contribution is 5.13. The number of hydrogen-bond acceptors (Lipinski definition) is 2. The van der Waals surface area contributed by atoms with Crippen molar-refractivity contribution in [3.8, 4) is 0 Å². The van der Waals surface area contributed by atoms with Gasteiger partial charge >= 0.3 is 0 Å². The van der Waals surface area contributed by atoms with Crippen LogP contribution in [0.3, 0.4) is 0 Å². The molecular formula is C15H24O2. The third kappa shape index (κ3) is 7.94. The van der Waals surface area contributed by atoms with Crippen LogP contribution in [-0.2, 0) is 16.1 Å². The van der Waals surface area contributed by atoms with Gasteiger partial charge in [0, 0.05) is 19.8 Å². The largest absolute Gasteiger partial charge is 0.382 e. The van der Waals surface area contributed by atoms with Crippen LogP contribution in [0.2, 0.25) is 0 Å². The van der Waals surface area contributed by atoms with Gasteiger partial charge in [-0.3, -0.25) is 0 Å². The minimum absolute atomic E-state index is 0.736. The van der Waals surface area contributed by atoms with Crippen molar-refractivity contribution in [2.45, 2.75) is 39.2 Å². The first-order valence-corrected chi connectivity index (χ1v) is 6.63. The van der Waals surface area contributed by atoms with Gasteiger partial charge in [-0.15, -0.1) is 0 Å². The zero-order chi connectivity index (χ0) is 12.2. The van der Waals surface area contributed by atoms with E-state index in [1.807, 2.05) is 25.1 Å². The first-order valence-electron chi connectivity index (χ1n) is 6.63. The van der Waals surface area contributed by atoms with Gasteiger partial charge in [-0.1, -0.05) is 43.2 Å². The standard InChI is InChI=1S/C15H24O2/c1-2-16-12-8-3-4-9-13-17-14-15-10-6-5-7-11-15/h5-7,10-11H,2-4,8-9,12-14H2,1H3. The summed E-state index contributed by atoms with van der Waals surface area (Å²) in [6.07, 6.45) is 4.81. The molecule has 0 spiro atoms. The van der Waals surface area contributed by atoms with E-state index >= 15 is 0 Å². The minimum atomic E-state index is 0.736. The van der Waals surface area contributed by atoms with Gasteiger partial charge < -0.3 is 9.47 Å².